The van der Waals surface area contributed by atoms with Crippen molar-refractivity contribution in [3.8, 4) is 5.92 Å². The summed E-state index contributed by atoms with van der Waals surface area (Å²) in [6, 6.07) is 4.47. The summed E-state index contributed by atoms with van der Waals surface area (Å²) in [5.41, 5.74) is 5.55. The summed E-state index contributed by atoms with van der Waals surface area (Å²) in [4.78, 5) is 0. The lowest BCUT2D eigenvalue weighted by atomic mass is 9.96. The minimum absolute atomic E-state index is 0.771. The maximum atomic E-state index is 6.86. The molecule has 0 N–H and O–H groups in total. The van der Waals surface area contributed by atoms with Gasteiger partial charge in [0.2, 0.25) is 0 Å². The highest BCUT2D eigenvalue weighted by Crippen LogP contribution is 2.18. The summed E-state index contributed by atoms with van der Waals surface area (Å²) in [5.74, 6) is 2.44. The molecule has 0 bridgehead atoms. The number of hydrogen-bond acceptors (Lipinski definition) is 0. The Morgan fingerprint density at radius 1 is 1.14 bits per heavy atom. The van der Waals surface area contributed by atoms with Gasteiger partial charge in [-0.25, -0.2) is 0 Å². The molecule has 14 heavy (non-hydrogen) atoms. The number of benzene rings is 1. The van der Waals surface area contributed by atoms with Gasteiger partial charge in [0.25, 0.3) is 0 Å². The SMILES string of the molecule is [C]#CCCCc1c(C)cc(C)cc1C. The molecule has 0 saturated carbocycles. The normalized spacial score (nSPS) is 9.86. The zero-order valence-electron chi connectivity index (χ0n) is 9.28. The second kappa shape index (κ2) is 4.86. The fourth-order valence-electron chi connectivity index (χ4n) is 1.96. The molecule has 1 aromatic rings. The van der Waals surface area contributed by atoms with Crippen LogP contribution in [-0.2, 0) is 6.42 Å². The quantitative estimate of drug-likeness (QED) is 0.499. The van der Waals surface area contributed by atoms with E-state index in [-0.39, 0.29) is 0 Å². The first-order chi connectivity index (χ1) is 6.65. The van der Waals surface area contributed by atoms with Gasteiger partial charge in [0.15, 0.2) is 0 Å². The largest absolute Gasteiger partial charge is 0.0891 e. The van der Waals surface area contributed by atoms with Crippen molar-refractivity contribution in [2.24, 2.45) is 0 Å². The smallest absolute Gasteiger partial charge is 0.0102 e. The van der Waals surface area contributed by atoms with Crippen LogP contribution in [0.25, 0.3) is 0 Å². The van der Waals surface area contributed by atoms with E-state index in [1.54, 1.807) is 0 Å². The first-order valence-electron chi connectivity index (χ1n) is 5.11. The Labute approximate surface area is 87.4 Å². The molecule has 1 radical (unpaired) electrons. The summed E-state index contributed by atoms with van der Waals surface area (Å²) >= 11 is 0. The van der Waals surface area contributed by atoms with Crippen molar-refractivity contribution in [3.63, 3.8) is 0 Å². The molecule has 0 heteroatoms. The van der Waals surface area contributed by atoms with Gasteiger partial charge in [-0.3, -0.25) is 0 Å². The Hall–Kier alpha value is -1.22. The third-order valence-corrected chi connectivity index (χ3v) is 2.57. The fourth-order valence-corrected chi connectivity index (χ4v) is 1.96. The number of aryl methyl sites for hydroxylation is 3. The van der Waals surface area contributed by atoms with Gasteiger partial charge in [-0.1, -0.05) is 23.6 Å². The molecule has 0 nitrogen and oxygen atoms in total. The van der Waals surface area contributed by atoms with E-state index in [0.717, 1.165) is 19.3 Å². The predicted molar refractivity (Wildman–Crippen MR) is 60.7 cm³/mol. The third kappa shape index (κ3) is 2.64. The van der Waals surface area contributed by atoms with E-state index in [0.29, 0.717) is 0 Å². The van der Waals surface area contributed by atoms with Crippen LogP contribution in [0.1, 0.15) is 35.1 Å². The summed E-state index contributed by atoms with van der Waals surface area (Å²) in [5, 5.41) is 0. The molecule has 0 aliphatic carbocycles. The zero-order valence-corrected chi connectivity index (χ0v) is 9.28. The number of rotatable bonds is 3. The lowest BCUT2D eigenvalue weighted by Crippen LogP contribution is -1.95. The van der Waals surface area contributed by atoms with E-state index in [1.807, 2.05) is 0 Å². The van der Waals surface area contributed by atoms with Crippen molar-refractivity contribution >= 4 is 0 Å². The number of unbranched alkanes of at least 4 members (excludes halogenated alkanes) is 1. The van der Waals surface area contributed by atoms with Gasteiger partial charge in [-0.15, -0.1) is 0 Å². The molecule has 0 fully saturated rings. The van der Waals surface area contributed by atoms with Gasteiger partial charge < -0.3 is 0 Å². The standard InChI is InChI=1S/C14H17/c1-5-6-7-8-14-12(3)9-11(2)10-13(14)4/h9-10H,6-8H2,2-4H3. The van der Waals surface area contributed by atoms with Crippen molar-refractivity contribution in [2.75, 3.05) is 0 Å². The van der Waals surface area contributed by atoms with Crippen molar-refractivity contribution in [1.29, 1.82) is 0 Å². The predicted octanol–water partition coefficient (Wildman–Crippen LogP) is 3.52. The summed E-state index contributed by atoms with van der Waals surface area (Å²) in [6.45, 7) is 6.47. The van der Waals surface area contributed by atoms with Crippen molar-refractivity contribution in [1.82, 2.24) is 0 Å². The van der Waals surface area contributed by atoms with Gasteiger partial charge in [0.05, 0.1) is 0 Å². The summed E-state index contributed by atoms with van der Waals surface area (Å²) < 4.78 is 0. The Kier molecular flexibility index (Phi) is 3.77. The van der Waals surface area contributed by atoms with Gasteiger partial charge in [0.1, 0.15) is 0 Å². The Bertz CT molecular complexity index is 330. The van der Waals surface area contributed by atoms with Gasteiger partial charge in [0, 0.05) is 6.42 Å². The molecule has 0 aromatic heterocycles. The lowest BCUT2D eigenvalue weighted by Gasteiger charge is -2.10. The molecule has 0 saturated heterocycles. The van der Waals surface area contributed by atoms with Gasteiger partial charge in [-0.05, 0) is 56.7 Å². The van der Waals surface area contributed by atoms with Crippen LogP contribution in [-0.4, -0.2) is 0 Å². The van der Waals surface area contributed by atoms with Crippen molar-refractivity contribution in [2.45, 2.75) is 40.0 Å². The van der Waals surface area contributed by atoms with Crippen molar-refractivity contribution in [3.05, 3.63) is 40.8 Å². The zero-order chi connectivity index (χ0) is 10.6. The van der Waals surface area contributed by atoms with Crippen LogP contribution < -0.4 is 0 Å². The van der Waals surface area contributed by atoms with Crippen LogP contribution in [0.2, 0.25) is 0 Å². The van der Waals surface area contributed by atoms with E-state index in [2.05, 4.69) is 38.8 Å². The maximum Gasteiger partial charge on any atom is 0.0102 e. The van der Waals surface area contributed by atoms with Gasteiger partial charge >= 0.3 is 0 Å². The molecular formula is C14H17. The molecular weight excluding hydrogens is 168 g/mol. The number of hydrogen-bond donors (Lipinski definition) is 0. The Morgan fingerprint density at radius 3 is 2.21 bits per heavy atom. The minimum atomic E-state index is 0.771. The topological polar surface area (TPSA) is 0 Å². The molecule has 0 aliphatic heterocycles. The van der Waals surface area contributed by atoms with Crippen LogP contribution in [0.5, 0.6) is 0 Å². The van der Waals surface area contributed by atoms with Crippen LogP contribution in [0, 0.1) is 33.1 Å². The van der Waals surface area contributed by atoms with E-state index in [1.165, 1.54) is 22.3 Å². The van der Waals surface area contributed by atoms with E-state index in [9.17, 15) is 0 Å². The van der Waals surface area contributed by atoms with Crippen molar-refractivity contribution < 1.29 is 0 Å². The van der Waals surface area contributed by atoms with Crippen LogP contribution >= 0.6 is 0 Å². The molecule has 0 aliphatic rings. The molecule has 0 amide bonds. The molecule has 0 spiro atoms. The Morgan fingerprint density at radius 2 is 1.71 bits per heavy atom. The minimum Gasteiger partial charge on any atom is -0.0891 e. The molecule has 73 valence electrons. The summed E-state index contributed by atoms with van der Waals surface area (Å²) in [7, 11) is 0. The average molecular weight is 185 g/mol. The molecule has 1 aromatic carbocycles. The van der Waals surface area contributed by atoms with E-state index < -0.39 is 0 Å². The van der Waals surface area contributed by atoms with Crippen LogP contribution in [0.4, 0.5) is 0 Å². The Balaban J connectivity index is 2.81. The maximum absolute atomic E-state index is 6.86. The lowest BCUT2D eigenvalue weighted by molar-refractivity contribution is 0.844. The van der Waals surface area contributed by atoms with E-state index >= 15 is 0 Å². The first kappa shape index (κ1) is 10.9. The highest BCUT2D eigenvalue weighted by Gasteiger charge is 2.02. The fraction of sp³-hybridized carbons (Fsp3) is 0.429. The van der Waals surface area contributed by atoms with E-state index in [4.69, 9.17) is 6.42 Å². The highest BCUT2D eigenvalue weighted by atomic mass is 14.1. The first-order valence-corrected chi connectivity index (χ1v) is 5.11. The second-order valence-electron chi connectivity index (χ2n) is 3.91. The van der Waals surface area contributed by atoms with Gasteiger partial charge in [-0.2, -0.15) is 0 Å². The molecule has 1 rings (SSSR count). The molecule has 0 atom stereocenters. The average Bonchev–Trinajstić information content (AvgIpc) is 2.09. The molecule has 0 heterocycles. The summed E-state index contributed by atoms with van der Waals surface area (Å²) in [6.07, 6.45) is 9.74. The molecule has 0 unspecified atom stereocenters. The second-order valence-corrected chi connectivity index (χ2v) is 3.91. The third-order valence-electron chi connectivity index (χ3n) is 2.57. The highest BCUT2D eigenvalue weighted by molar-refractivity contribution is 5.37. The monoisotopic (exact) mass is 185 g/mol. The van der Waals surface area contributed by atoms with Crippen LogP contribution in [0.3, 0.4) is 0 Å². The van der Waals surface area contributed by atoms with Crippen LogP contribution in [0.15, 0.2) is 12.1 Å².